The first-order chi connectivity index (χ1) is 11.9. The molecule has 2 aromatic carbocycles. The van der Waals surface area contributed by atoms with Gasteiger partial charge in [0, 0.05) is 5.39 Å². The third-order valence-corrected chi connectivity index (χ3v) is 3.72. The number of aryl methyl sites for hydroxylation is 1. The summed E-state index contributed by atoms with van der Waals surface area (Å²) in [7, 11) is 0. The lowest BCUT2D eigenvalue weighted by molar-refractivity contribution is -0.136. The van der Waals surface area contributed by atoms with Gasteiger partial charge in [0.05, 0.1) is 18.5 Å². The zero-order chi connectivity index (χ0) is 18.0. The highest BCUT2D eigenvalue weighted by atomic mass is 16.5. The van der Waals surface area contributed by atoms with Gasteiger partial charge in [0.15, 0.2) is 5.58 Å². The second kappa shape index (κ2) is 6.64. The van der Waals surface area contributed by atoms with Gasteiger partial charge in [0.2, 0.25) is 5.91 Å². The summed E-state index contributed by atoms with van der Waals surface area (Å²) < 4.78 is 5.20. The molecule has 128 valence electrons. The molecule has 3 aromatic rings. The van der Waals surface area contributed by atoms with Gasteiger partial charge in [-0.05, 0) is 36.8 Å². The number of fused-ring (bicyclic) bond motifs is 1. The number of carboxylic acid groups (broad SMARTS) is 1. The number of anilines is 1. The van der Waals surface area contributed by atoms with Gasteiger partial charge in [-0.15, -0.1) is 0 Å². The highest BCUT2D eigenvalue weighted by molar-refractivity contribution is 5.96. The van der Waals surface area contributed by atoms with Crippen LogP contribution in [0.4, 0.5) is 5.69 Å². The van der Waals surface area contributed by atoms with E-state index in [1.165, 1.54) is 18.2 Å². The summed E-state index contributed by atoms with van der Waals surface area (Å²) in [6.07, 6.45) is -0.227. The van der Waals surface area contributed by atoms with Crippen LogP contribution in [0.3, 0.4) is 0 Å². The molecule has 1 heterocycles. The first kappa shape index (κ1) is 16.5. The van der Waals surface area contributed by atoms with Gasteiger partial charge in [-0.3, -0.25) is 9.59 Å². The van der Waals surface area contributed by atoms with Crippen LogP contribution < -0.4 is 5.32 Å². The van der Waals surface area contributed by atoms with Crippen LogP contribution in [0.1, 0.15) is 16.8 Å². The van der Waals surface area contributed by atoms with Crippen molar-refractivity contribution >= 4 is 28.5 Å². The quantitative estimate of drug-likeness (QED) is 0.616. The molecule has 25 heavy (non-hydrogen) atoms. The predicted octanol–water partition coefficient (Wildman–Crippen LogP) is 2.65. The van der Waals surface area contributed by atoms with Crippen molar-refractivity contribution < 1.29 is 24.3 Å². The number of aromatic nitrogens is 1. The number of aliphatic carboxylic acids is 1. The van der Waals surface area contributed by atoms with E-state index in [-0.39, 0.29) is 30.2 Å². The number of carbonyl (C=O) groups excluding carboxylic acids is 1. The lowest BCUT2D eigenvalue weighted by Crippen LogP contribution is -2.15. The maximum Gasteiger partial charge on any atom is 0.307 e. The Balaban J connectivity index is 1.78. The van der Waals surface area contributed by atoms with Crippen molar-refractivity contribution in [3.05, 3.63) is 53.2 Å². The Morgan fingerprint density at radius 1 is 1.16 bits per heavy atom. The van der Waals surface area contributed by atoms with Crippen molar-refractivity contribution in [2.75, 3.05) is 5.32 Å². The van der Waals surface area contributed by atoms with E-state index in [0.717, 1.165) is 10.9 Å². The number of rotatable bonds is 5. The number of amides is 1. The molecule has 1 amide bonds. The number of nitrogens with one attached hydrogen (secondary N) is 1. The molecule has 7 heteroatoms. The Kier molecular flexibility index (Phi) is 4.38. The first-order valence-corrected chi connectivity index (χ1v) is 7.61. The number of phenolic OH excluding ortho intramolecular Hbond substituents is 1. The molecule has 3 N–H and O–H groups in total. The maximum atomic E-state index is 12.3. The first-order valence-electron chi connectivity index (χ1n) is 7.61. The van der Waals surface area contributed by atoms with Gasteiger partial charge in [-0.2, -0.15) is 0 Å². The number of hydrogen-bond acceptors (Lipinski definition) is 5. The van der Waals surface area contributed by atoms with E-state index in [0.29, 0.717) is 16.8 Å². The molecule has 0 fully saturated rings. The van der Waals surface area contributed by atoms with Crippen molar-refractivity contribution in [3.8, 4) is 5.75 Å². The molecule has 1 aromatic heterocycles. The Hall–Kier alpha value is -3.35. The number of benzene rings is 2. The van der Waals surface area contributed by atoms with Crippen LogP contribution in [-0.2, 0) is 22.4 Å². The fraction of sp³-hybridized carbons (Fsp3) is 0.167. The summed E-state index contributed by atoms with van der Waals surface area (Å²) >= 11 is 0. The highest BCUT2D eigenvalue weighted by Gasteiger charge is 2.14. The van der Waals surface area contributed by atoms with Gasteiger partial charge >= 0.3 is 5.97 Å². The zero-order valence-electron chi connectivity index (χ0n) is 13.4. The molecule has 3 rings (SSSR count). The summed E-state index contributed by atoms with van der Waals surface area (Å²) in [5, 5.41) is 26.0. The Bertz CT molecular complexity index is 961. The Morgan fingerprint density at radius 2 is 1.96 bits per heavy atom. The minimum atomic E-state index is -0.993. The molecular formula is C18H16N2O5. The number of aromatic hydroxyl groups is 1. The fourth-order valence-corrected chi connectivity index (χ4v) is 2.54. The smallest absolute Gasteiger partial charge is 0.307 e. The second-order valence-corrected chi connectivity index (χ2v) is 5.78. The average Bonchev–Trinajstić information content (AvgIpc) is 2.92. The molecule has 0 aliphatic heterocycles. The number of nitrogens with zero attached hydrogens (tertiary/aromatic N) is 1. The molecule has 0 saturated heterocycles. The molecule has 0 aliphatic carbocycles. The van der Waals surface area contributed by atoms with Gasteiger partial charge in [0.1, 0.15) is 11.4 Å². The summed E-state index contributed by atoms with van der Waals surface area (Å²) in [6, 6.07) is 9.85. The van der Waals surface area contributed by atoms with Gasteiger partial charge in [-0.1, -0.05) is 22.9 Å². The van der Waals surface area contributed by atoms with Crippen LogP contribution >= 0.6 is 0 Å². The van der Waals surface area contributed by atoms with E-state index < -0.39 is 5.97 Å². The number of phenols is 1. The van der Waals surface area contributed by atoms with Crippen LogP contribution in [0.2, 0.25) is 0 Å². The second-order valence-electron chi connectivity index (χ2n) is 5.78. The van der Waals surface area contributed by atoms with Crippen molar-refractivity contribution in [1.29, 1.82) is 0 Å². The minimum Gasteiger partial charge on any atom is -0.506 e. The van der Waals surface area contributed by atoms with Crippen molar-refractivity contribution in [3.63, 3.8) is 0 Å². The zero-order valence-corrected chi connectivity index (χ0v) is 13.4. The topological polar surface area (TPSA) is 113 Å². The third kappa shape index (κ3) is 3.77. The summed E-state index contributed by atoms with van der Waals surface area (Å²) in [6.45, 7) is 1.93. The fourth-order valence-electron chi connectivity index (χ4n) is 2.54. The van der Waals surface area contributed by atoms with E-state index in [1.54, 1.807) is 6.07 Å². The number of carboxylic acids is 1. The molecule has 7 nitrogen and oxygen atoms in total. The van der Waals surface area contributed by atoms with E-state index >= 15 is 0 Å². The third-order valence-electron chi connectivity index (χ3n) is 3.72. The monoisotopic (exact) mass is 340 g/mol. The maximum absolute atomic E-state index is 12.3. The van der Waals surface area contributed by atoms with Crippen LogP contribution in [0.5, 0.6) is 5.75 Å². The number of carbonyl (C=O) groups is 2. The lowest BCUT2D eigenvalue weighted by Gasteiger charge is -2.08. The highest BCUT2D eigenvalue weighted by Crippen LogP contribution is 2.25. The Labute approximate surface area is 142 Å². The van der Waals surface area contributed by atoms with Gasteiger partial charge in [-0.25, -0.2) is 0 Å². The van der Waals surface area contributed by atoms with Crippen LogP contribution in [0.15, 0.2) is 40.9 Å². The predicted molar refractivity (Wildman–Crippen MR) is 90.5 cm³/mol. The molecule has 0 atom stereocenters. The van der Waals surface area contributed by atoms with E-state index in [9.17, 15) is 14.7 Å². The van der Waals surface area contributed by atoms with Crippen molar-refractivity contribution in [2.45, 2.75) is 19.8 Å². The molecular weight excluding hydrogens is 324 g/mol. The summed E-state index contributed by atoms with van der Waals surface area (Å²) in [4.78, 5) is 23.1. The average molecular weight is 340 g/mol. The van der Waals surface area contributed by atoms with Gasteiger partial charge in [0.25, 0.3) is 0 Å². The normalized spacial score (nSPS) is 10.8. The number of hydrogen-bond donors (Lipinski definition) is 3. The van der Waals surface area contributed by atoms with Crippen molar-refractivity contribution in [2.24, 2.45) is 0 Å². The van der Waals surface area contributed by atoms with Crippen LogP contribution in [-0.4, -0.2) is 27.2 Å². The van der Waals surface area contributed by atoms with E-state index in [2.05, 4.69) is 10.5 Å². The van der Waals surface area contributed by atoms with Gasteiger partial charge < -0.3 is 20.1 Å². The molecule has 0 spiro atoms. The minimum absolute atomic E-state index is 0.0287. The molecule has 0 aliphatic rings. The standard InChI is InChI=1S/C18H16N2O5/c1-10-2-5-16-12(6-10)13(20-25-16)9-17(22)19-14-7-11(8-18(23)24)3-4-15(14)21/h2-7,21H,8-9H2,1H3,(H,19,22)(H,23,24). The van der Waals surface area contributed by atoms with E-state index in [4.69, 9.17) is 9.63 Å². The summed E-state index contributed by atoms with van der Waals surface area (Å²) in [5.41, 5.74) is 2.75. The summed E-state index contributed by atoms with van der Waals surface area (Å²) in [5.74, 6) is -1.52. The van der Waals surface area contributed by atoms with Crippen LogP contribution in [0.25, 0.3) is 11.0 Å². The Morgan fingerprint density at radius 3 is 2.72 bits per heavy atom. The molecule has 0 bridgehead atoms. The van der Waals surface area contributed by atoms with E-state index in [1.807, 2.05) is 19.1 Å². The van der Waals surface area contributed by atoms with Crippen LogP contribution in [0, 0.1) is 6.92 Å². The largest absolute Gasteiger partial charge is 0.506 e. The molecule has 0 radical (unpaired) electrons. The SMILES string of the molecule is Cc1ccc2onc(CC(=O)Nc3cc(CC(=O)O)ccc3O)c2c1. The molecule has 0 unspecified atom stereocenters. The lowest BCUT2D eigenvalue weighted by atomic mass is 10.1. The van der Waals surface area contributed by atoms with Crippen molar-refractivity contribution in [1.82, 2.24) is 5.16 Å². The molecule has 0 saturated carbocycles.